The molecule has 0 aliphatic rings. The molecule has 0 spiro atoms. The van der Waals surface area contributed by atoms with Crippen LogP contribution < -0.4 is 5.32 Å². The Bertz CT molecular complexity index is 399. The first-order chi connectivity index (χ1) is 7.43. The van der Waals surface area contributed by atoms with Crippen molar-refractivity contribution in [3.8, 4) is 0 Å². The fourth-order valence-corrected chi connectivity index (χ4v) is 1.18. The summed E-state index contributed by atoms with van der Waals surface area (Å²) in [5.74, 6) is -1.88. The van der Waals surface area contributed by atoms with Crippen molar-refractivity contribution in [2.45, 2.75) is 19.1 Å². The molecule has 7 heteroatoms. The molecule has 1 amide bonds. The summed E-state index contributed by atoms with van der Waals surface area (Å²) in [5.41, 5.74) is 0.229. The monoisotopic (exact) mass is 227 g/mol. The zero-order chi connectivity index (χ0) is 12.3. The van der Waals surface area contributed by atoms with E-state index in [4.69, 9.17) is 5.11 Å². The first-order valence-electron chi connectivity index (χ1n) is 4.61. The van der Waals surface area contributed by atoms with Crippen LogP contribution >= 0.6 is 0 Å². The minimum Gasteiger partial charge on any atom is -0.480 e. The fraction of sp³-hybridized carbons (Fsp3) is 0.444. The Labute approximate surface area is 91.7 Å². The Balaban J connectivity index is 2.77. The lowest BCUT2D eigenvalue weighted by molar-refractivity contribution is -0.141. The van der Waals surface area contributed by atoms with Crippen molar-refractivity contribution in [2.24, 2.45) is 7.05 Å². The number of amides is 1. The minimum absolute atomic E-state index is 0.229. The van der Waals surface area contributed by atoms with Crippen molar-refractivity contribution < 1.29 is 19.8 Å². The molecule has 1 aromatic rings. The maximum absolute atomic E-state index is 11.6. The summed E-state index contributed by atoms with van der Waals surface area (Å²) in [5, 5.41) is 20.2. The summed E-state index contributed by atoms with van der Waals surface area (Å²) in [6.45, 7) is 1.29. The van der Waals surface area contributed by atoms with Crippen LogP contribution in [0.2, 0.25) is 0 Å². The van der Waals surface area contributed by atoms with E-state index < -0.39 is 24.0 Å². The number of aromatic nitrogens is 2. The largest absolute Gasteiger partial charge is 0.480 e. The Morgan fingerprint density at radius 1 is 1.56 bits per heavy atom. The Morgan fingerprint density at radius 3 is 2.56 bits per heavy atom. The quantitative estimate of drug-likeness (QED) is 0.611. The molecular formula is C9H13N3O4. The second-order valence-electron chi connectivity index (χ2n) is 3.42. The van der Waals surface area contributed by atoms with Gasteiger partial charge in [0.1, 0.15) is 5.69 Å². The third kappa shape index (κ3) is 2.57. The molecule has 0 aromatic carbocycles. The molecule has 88 valence electrons. The zero-order valence-electron chi connectivity index (χ0n) is 8.91. The van der Waals surface area contributed by atoms with Gasteiger partial charge in [-0.15, -0.1) is 0 Å². The number of hydrogen-bond acceptors (Lipinski definition) is 4. The Kier molecular flexibility index (Phi) is 3.62. The first kappa shape index (κ1) is 12.2. The van der Waals surface area contributed by atoms with Crippen LogP contribution in [0.5, 0.6) is 0 Å². The van der Waals surface area contributed by atoms with Crippen molar-refractivity contribution in [3.63, 3.8) is 0 Å². The number of aliphatic hydroxyl groups is 1. The van der Waals surface area contributed by atoms with E-state index in [1.807, 2.05) is 0 Å². The van der Waals surface area contributed by atoms with Crippen molar-refractivity contribution in [1.82, 2.24) is 14.9 Å². The van der Waals surface area contributed by atoms with Gasteiger partial charge in [-0.2, -0.15) is 0 Å². The summed E-state index contributed by atoms with van der Waals surface area (Å²) < 4.78 is 1.45. The second kappa shape index (κ2) is 4.75. The number of hydrogen-bond donors (Lipinski definition) is 3. The van der Waals surface area contributed by atoms with Gasteiger partial charge in [-0.05, 0) is 6.92 Å². The van der Waals surface area contributed by atoms with Crippen LogP contribution in [0.1, 0.15) is 17.4 Å². The van der Waals surface area contributed by atoms with Gasteiger partial charge in [0.05, 0.1) is 18.6 Å². The maximum Gasteiger partial charge on any atom is 0.328 e. The zero-order valence-corrected chi connectivity index (χ0v) is 8.91. The predicted molar refractivity (Wildman–Crippen MR) is 53.8 cm³/mol. The maximum atomic E-state index is 11.6. The molecule has 7 nitrogen and oxygen atoms in total. The van der Waals surface area contributed by atoms with Gasteiger partial charge in [0.15, 0.2) is 6.04 Å². The van der Waals surface area contributed by atoms with Crippen LogP contribution in [0.15, 0.2) is 12.5 Å². The minimum atomic E-state index is -1.33. The number of carboxylic acids is 1. The molecule has 2 unspecified atom stereocenters. The van der Waals surface area contributed by atoms with Crippen molar-refractivity contribution in [3.05, 3.63) is 18.2 Å². The van der Waals surface area contributed by atoms with Crippen LogP contribution in [0, 0.1) is 0 Å². The molecule has 0 saturated heterocycles. The predicted octanol–water partition coefficient (Wildman–Crippen LogP) is -1.02. The van der Waals surface area contributed by atoms with Gasteiger partial charge in [0.25, 0.3) is 5.91 Å². The van der Waals surface area contributed by atoms with E-state index in [9.17, 15) is 14.7 Å². The Morgan fingerprint density at radius 2 is 2.19 bits per heavy atom. The highest BCUT2D eigenvalue weighted by Gasteiger charge is 2.26. The van der Waals surface area contributed by atoms with Gasteiger partial charge in [-0.25, -0.2) is 9.78 Å². The number of nitrogens with one attached hydrogen (secondary N) is 1. The average Bonchev–Trinajstić information content (AvgIpc) is 2.59. The summed E-state index contributed by atoms with van der Waals surface area (Å²) in [7, 11) is 1.61. The lowest BCUT2D eigenvalue weighted by atomic mass is 10.2. The number of carbonyl (C=O) groups excluding carboxylic acids is 1. The molecule has 0 aliphatic heterocycles. The van der Waals surface area contributed by atoms with Gasteiger partial charge in [0.2, 0.25) is 0 Å². The summed E-state index contributed by atoms with van der Waals surface area (Å²) in [6, 6.07) is -1.33. The van der Waals surface area contributed by atoms with Crippen LogP contribution in [-0.2, 0) is 11.8 Å². The van der Waals surface area contributed by atoms with E-state index in [0.717, 1.165) is 0 Å². The average molecular weight is 227 g/mol. The van der Waals surface area contributed by atoms with E-state index in [0.29, 0.717) is 0 Å². The molecule has 1 heterocycles. The number of aliphatic carboxylic acids is 1. The first-order valence-corrected chi connectivity index (χ1v) is 4.61. The number of aliphatic hydroxyl groups excluding tert-OH is 1. The molecular weight excluding hydrogens is 214 g/mol. The number of carbonyl (C=O) groups is 2. The third-order valence-electron chi connectivity index (χ3n) is 2.08. The van der Waals surface area contributed by atoms with E-state index in [-0.39, 0.29) is 5.69 Å². The second-order valence-corrected chi connectivity index (χ2v) is 3.42. The van der Waals surface area contributed by atoms with Crippen LogP contribution in [-0.4, -0.2) is 43.8 Å². The molecule has 0 radical (unpaired) electrons. The molecule has 16 heavy (non-hydrogen) atoms. The van der Waals surface area contributed by atoms with E-state index in [1.54, 1.807) is 7.05 Å². The summed E-state index contributed by atoms with van der Waals surface area (Å²) in [6.07, 6.45) is 1.57. The molecule has 1 rings (SSSR count). The standard InChI is InChI=1S/C9H13N3O4/c1-5(13)7(9(15)16)11-8(14)6-3-10-4-12(6)2/h3-5,7,13H,1-2H3,(H,11,14)(H,15,16). The number of rotatable bonds is 4. The molecule has 1 aromatic heterocycles. The van der Waals surface area contributed by atoms with Crippen LogP contribution in [0.4, 0.5) is 0 Å². The lowest BCUT2D eigenvalue weighted by Gasteiger charge is -2.16. The third-order valence-corrected chi connectivity index (χ3v) is 2.08. The highest BCUT2D eigenvalue weighted by atomic mass is 16.4. The fourth-order valence-electron chi connectivity index (χ4n) is 1.18. The van der Waals surface area contributed by atoms with Crippen molar-refractivity contribution >= 4 is 11.9 Å². The highest BCUT2D eigenvalue weighted by molar-refractivity contribution is 5.95. The van der Waals surface area contributed by atoms with Gasteiger partial charge >= 0.3 is 5.97 Å². The van der Waals surface area contributed by atoms with Gasteiger partial charge in [-0.1, -0.05) is 0 Å². The molecule has 3 N–H and O–H groups in total. The SMILES string of the molecule is CC(O)C(NC(=O)c1cncn1C)C(=O)O. The van der Waals surface area contributed by atoms with Crippen molar-refractivity contribution in [2.75, 3.05) is 0 Å². The normalized spacial score (nSPS) is 14.2. The molecule has 2 atom stereocenters. The molecule has 0 bridgehead atoms. The lowest BCUT2D eigenvalue weighted by Crippen LogP contribution is -2.48. The smallest absolute Gasteiger partial charge is 0.328 e. The van der Waals surface area contributed by atoms with Crippen LogP contribution in [0.3, 0.4) is 0 Å². The number of aryl methyl sites for hydroxylation is 1. The summed E-state index contributed by atoms with van der Waals surface area (Å²) >= 11 is 0. The van der Waals surface area contributed by atoms with Gasteiger partial charge in [0, 0.05) is 7.05 Å². The van der Waals surface area contributed by atoms with Gasteiger partial charge < -0.3 is 20.1 Å². The highest BCUT2D eigenvalue weighted by Crippen LogP contribution is 1.99. The van der Waals surface area contributed by atoms with Crippen molar-refractivity contribution in [1.29, 1.82) is 0 Å². The topological polar surface area (TPSA) is 104 Å². The van der Waals surface area contributed by atoms with Crippen LogP contribution in [0.25, 0.3) is 0 Å². The number of imidazole rings is 1. The van der Waals surface area contributed by atoms with E-state index in [1.165, 1.54) is 24.0 Å². The van der Waals surface area contributed by atoms with E-state index >= 15 is 0 Å². The Hall–Kier alpha value is -1.89. The molecule has 0 fully saturated rings. The number of nitrogens with zero attached hydrogens (tertiary/aromatic N) is 2. The van der Waals surface area contributed by atoms with E-state index in [2.05, 4.69) is 10.3 Å². The summed E-state index contributed by atoms with van der Waals surface area (Å²) in [4.78, 5) is 26.1. The van der Waals surface area contributed by atoms with Gasteiger partial charge in [-0.3, -0.25) is 4.79 Å². The molecule has 0 saturated carbocycles. The molecule has 0 aliphatic carbocycles. The number of carboxylic acid groups (broad SMARTS) is 1.